The van der Waals surface area contributed by atoms with E-state index in [1.165, 1.54) is 186 Å². The average Bonchev–Trinajstić information content (AvgIpc) is 3.54. The van der Waals surface area contributed by atoms with Crippen molar-refractivity contribution in [2.24, 2.45) is 0 Å². The molecule has 3 fully saturated rings. The van der Waals surface area contributed by atoms with E-state index in [1.807, 2.05) is 0 Å². The second-order valence-corrected chi connectivity index (χ2v) is 24.3. The van der Waals surface area contributed by atoms with Gasteiger partial charge >= 0.3 is 0 Å². The van der Waals surface area contributed by atoms with Crippen LogP contribution in [0.3, 0.4) is 0 Å². The van der Waals surface area contributed by atoms with E-state index in [0.717, 1.165) is 44.9 Å². The molecule has 17 unspecified atom stereocenters. The summed E-state index contributed by atoms with van der Waals surface area (Å²) in [5.74, 6) is -0.240. The molecule has 3 aliphatic rings. The first-order valence-electron chi connectivity index (χ1n) is 33.3. The van der Waals surface area contributed by atoms with Gasteiger partial charge in [-0.3, -0.25) is 4.79 Å². The highest BCUT2D eigenvalue weighted by Crippen LogP contribution is 2.33. The first kappa shape index (κ1) is 75.0. The number of hydrogen-bond donors (Lipinski definition) is 12. The summed E-state index contributed by atoms with van der Waals surface area (Å²) in [7, 11) is 0. The first-order chi connectivity index (χ1) is 39.8. The van der Waals surface area contributed by atoms with E-state index in [1.54, 1.807) is 0 Å². The van der Waals surface area contributed by atoms with E-state index in [0.29, 0.717) is 12.8 Å². The molecule has 82 heavy (non-hydrogen) atoms. The molecule has 3 rings (SSSR count). The van der Waals surface area contributed by atoms with Gasteiger partial charge in [-0.15, -0.1) is 0 Å². The molecule has 3 aliphatic heterocycles. The molecule has 12 N–H and O–H groups in total. The molecule has 19 heteroatoms. The molecule has 0 aromatic carbocycles. The second-order valence-electron chi connectivity index (χ2n) is 24.3. The molecule has 17 atom stereocenters. The van der Waals surface area contributed by atoms with Crippen molar-refractivity contribution in [3.63, 3.8) is 0 Å². The fraction of sp³-hybridized carbons (Fsp3) is 0.984. The van der Waals surface area contributed by atoms with E-state index in [4.69, 9.17) is 28.4 Å². The number of aliphatic hydroxyl groups excluding tert-OH is 11. The molecule has 0 aromatic rings. The second kappa shape index (κ2) is 46.9. The fourth-order valence-corrected chi connectivity index (χ4v) is 11.7. The monoisotopic (exact) mass is 1180 g/mol. The van der Waals surface area contributed by atoms with Gasteiger partial charge < -0.3 is 89.9 Å². The van der Waals surface area contributed by atoms with E-state index >= 15 is 0 Å². The summed E-state index contributed by atoms with van der Waals surface area (Å²) in [4.78, 5) is 13.3. The van der Waals surface area contributed by atoms with E-state index in [-0.39, 0.29) is 18.9 Å². The minimum atomic E-state index is -1.97. The summed E-state index contributed by atoms with van der Waals surface area (Å²) in [6.45, 7) is 1.81. The summed E-state index contributed by atoms with van der Waals surface area (Å²) in [6.07, 6.45) is 20.6. The standard InChI is InChI=1S/C63H121NO18/c1-3-5-7-9-11-13-15-16-17-18-19-20-21-22-23-24-25-26-27-28-29-31-32-34-36-38-40-47(68)46(64-51(69)41-39-37-35-33-30-14-12-10-8-6-4-2)45-77-61-57(75)54(72)59(49(43-66)79-61)82-63-58(76)55(73)60(50(44-67)80-63)81-62-56(74)53(71)52(70)48(42-65)78-62/h46-50,52-63,65-68,70-76H,3-45H2,1-2H3,(H,64,69). The Kier molecular flexibility index (Phi) is 42.9. The van der Waals surface area contributed by atoms with Gasteiger partial charge in [0.25, 0.3) is 0 Å². The number of carbonyl (C=O) groups is 1. The lowest BCUT2D eigenvalue weighted by Gasteiger charge is -2.48. The van der Waals surface area contributed by atoms with Crippen molar-refractivity contribution in [1.29, 1.82) is 0 Å². The van der Waals surface area contributed by atoms with Gasteiger partial charge in [0, 0.05) is 6.42 Å². The summed E-state index contributed by atoms with van der Waals surface area (Å²) >= 11 is 0. The quantitative estimate of drug-likeness (QED) is 0.0262. The van der Waals surface area contributed by atoms with Crippen LogP contribution in [0.5, 0.6) is 0 Å². The Balaban J connectivity index is 1.40. The number of nitrogens with one attached hydrogen (secondary N) is 1. The van der Waals surface area contributed by atoms with Crippen LogP contribution < -0.4 is 5.32 Å². The van der Waals surface area contributed by atoms with Crippen LogP contribution in [0.15, 0.2) is 0 Å². The molecule has 3 heterocycles. The van der Waals surface area contributed by atoms with Crippen LogP contribution in [-0.2, 0) is 33.2 Å². The van der Waals surface area contributed by atoms with Gasteiger partial charge in [-0.2, -0.15) is 0 Å². The van der Waals surface area contributed by atoms with Crippen molar-refractivity contribution in [2.45, 2.75) is 369 Å². The Labute approximate surface area is 493 Å². The van der Waals surface area contributed by atoms with Crippen LogP contribution in [0, 0.1) is 0 Å². The molecule has 0 radical (unpaired) electrons. The third-order valence-electron chi connectivity index (χ3n) is 17.2. The molecule has 486 valence electrons. The van der Waals surface area contributed by atoms with Crippen LogP contribution in [0.2, 0.25) is 0 Å². The predicted molar refractivity (Wildman–Crippen MR) is 314 cm³/mol. The fourth-order valence-electron chi connectivity index (χ4n) is 11.7. The highest BCUT2D eigenvalue weighted by molar-refractivity contribution is 5.76. The molecule has 0 aromatic heterocycles. The molecule has 3 saturated heterocycles. The number of aliphatic hydroxyl groups is 11. The summed E-state index contributed by atoms with van der Waals surface area (Å²) in [6, 6.07) is -0.880. The normalized spacial score (nSPS) is 29.5. The Morgan fingerprint density at radius 1 is 0.390 bits per heavy atom. The molecule has 0 bridgehead atoms. The molecule has 0 spiro atoms. The Hall–Kier alpha value is -1.21. The molecule has 19 nitrogen and oxygen atoms in total. The van der Waals surface area contributed by atoms with Crippen LogP contribution in [0.1, 0.15) is 264 Å². The van der Waals surface area contributed by atoms with Crippen molar-refractivity contribution in [1.82, 2.24) is 5.32 Å². The van der Waals surface area contributed by atoms with Crippen LogP contribution >= 0.6 is 0 Å². The minimum Gasteiger partial charge on any atom is -0.394 e. The largest absolute Gasteiger partial charge is 0.394 e. The third-order valence-corrected chi connectivity index (χ3v) is 17.2. The zero-order chi connectivity index (χ0) is 59.7. The minimum absolute atomic E-state index is 0.240. The van der Waals surface area contributed by atoms with E-state index in [9.17, 15) is 61.0 Å². The predicted octanol–water partition coefficient (Wildman–Crippen LogP) is 7.55. The van der Waals surface area contributed by atoms with E-state index < -0.39 is 124 Å². The lowest BCUT2D eigenvalue weighted by molar-refractivity contribution is -0.379. The highest BCUT2D eigenvalue weighted by atomic mass is 16.8. The molecular weight excluding hydrogens is 1060 g/mol. The maximum Gasteiger partial charge on any atom is 0.220 e. The Morgan fingerprint density at radius 2 is 0.695 bits per heavy atom. The summed E-state index contributed by atoms with van der Waals surface area (Å²) in [5.41, 5.74) is 0. The van der Waals surface area contributed by atoms with Crippen molar-refractivity contribution in [3.8, 4) is 0 Å². The number of hydrogen-bond acceptors (Lipinski definition) is 18. The lowest BCUT2D eigenvalue weighted by atomic mass is 9.96. The number of amides is 1. The van der Waals surface area contributed by atoms with Gasteiger partial charge in [-0.05, 0) is 12.8 Å². The smallest absolute Gasteiger partial charge is 0.220 e. The number of ether oxygens (including phenoxy) is 6. The maximum absolute atomic E-state index is 13.3. The molecule has 1 amide bonds. The van der Waals surface area contributed by atoms with Crippen LogP contribution in [0.4, 0.5) is 0 Å². The SMILES string of the molecule is CCCCCCCCCCCCCCCCCCCCCCCCCCCCC(O)C(COC1OC(CO)C(OC2OC(CO)C(OC3OC(CO)C(O)C(O)C3O)C(O)C2O)C(O)C1O)NC(=O)CCCCCCCCCCCCC. The van der Waals surface area contributed by atoms with Crippen molar-refractivity contribution >= 4 is 5.91 Å². The van der Waals surface area contributed by atoms with E-state index in [2.05, 4.69) is 19.2 Å². The van der Waals surface area contributed by atoms with Crippen LogP contribution in [0.25, 0.3) is 0 Å². The zero-order valence-electron chi connectivity index (χ0n) is 51.0. The molecular formula is C63H121NO18. The van der Waals surface area contributed by atoms with Crippen molar-refractivity contribution in [2.75, 3.05) is 26.4 Å². The van der Waals surface area contributed by atoms with Gasteiger partial charge in [-0.1, -0.05) is 245 Å². The van der Waals surface area contributed by atoms with Gasteiger partial charge in [-0.25, -0.2) is 0 Å². The van der Waals surface area contributed by atoms with Crippen LogP contribution in [-0.4, -0.2) is 193 Å². The zero-order valence-corrected chi connectivity index (χ0v) is 51.0. The third kappa shape index (κ3) is 29.7. The first-order valence-corrected chi connectivity index (χ1v) is 33.3. The number of unbranched alkanes of at least 4 members (excludes halogenated alkanes) is 35. The highest BCUT2D eigenvalue weighted by Gasteiger charge is 2.53. The number of rotatable bonds is 51. The van der Waals surface area contributed by atoms with Gasteiger partial charge in [0.1, 0.15) is 73.2 Å². The molecule has 0 aliphatic carbocycles. The average molecular weight is 1180 g/mol. The topological polar surface area (TPSA) is 307 Å². The Bertz CT molecular complexity index is 1500. The van der Waals surface area contributed by atoms with Gasteiger partial charge in [0.15, 0.2) is 18.9 Å². The maximum atomic E-state index is 13.3. The summed E-state index contributed by atoms with van der Waals surface area (Å²) in [5, 5.41) is 120. The summed E-state index contributed by atoms with van der Waals surface area (Å²) < 4.78 is 34.3. The van der Waals surface area contributed by atoms with Gasteiger partial charge in [0.05, 0.1) is 38.6 Å². The Morgan fingerprint density at radius 3 is 1.06 bits per heavy atom. The van der Waals surface area contributed by atoms with Gasteiger partial charge in [0.2, 0.25) is 5.91 Å². The molecule has 0 saturated carbocycles. The van der Waals surface area contributed by atoms with Crippen molar-refractivity contribution < 1.29 is 89.4 Å². The van der Waals surface area contributed by atoms with Crippen molar-refractivity contribution in [3.05, 3.63) is 0 Å². The lowest BCUT2D eigenvalue weighted by Crippen LogP contribution is -2.66. The number of carbonyl (C=O) groups excluding carboxylic acids is 1.